The van der Waals surface area contributed by atoms with E-state index in [2.05, 4.69) is 4.98 Å². The van der Waals surface area contributed by atoms with Gasteiger partial charge >= 0.3 is 0 Å². The zero-order valence-corrected chi connectivity index (χ0v) is 10.6. The summed E-state index contributed by atoms with van der Waals surface area (Å²) in [5.41, 5.74) is 4.47. The number of aromatic nitrogens is 1. The summed E-state index contributed by atoms with van der Waals surface area (Å²) in [5, 5.41) is 1.10. The van der Waals surface area contributed by atoms with Crippen LogP contribution < -0.4 is 0 Å². The van der Waals surface area contributed by atoms with E-state index < -0.39 is 0 Å². The van der Waals surface area contributed by atoms with Crippen molar-refractivity contribution < 1.29 is 4.79 Å². The van der Waals surface area contributed by atoms with Crippen LogP contribution in [0.4, 0.5) is 0 Å². The zero-order valence-electron chi connectivity index (χ0n) is 10.6. The predicted octanol–water partition coefficient (Wildman–Crippen LogP) is 4.02. The van der Waals surface area contributed by atoms with Gasteiger partial charge in [0, 0.05) is 16.5 Å². The van der Waals surface area contributed by atoms with E-state index in [1.54, 1.807) is 0 Å². The lowest BCUT2D eigenvalue weighted by atomic mass is 10.0. The lowest BCUT2D eigenvalue weighted by Gasteiger charge is -2.07. The standard InChI is InChI=1S/C17H13NO/c1-12-6-7-14(11-19)15(10-12)17-9-8-13-4-2-3-5-16(13)18-17/h2-11H,1H3. The molecular weight excluding hydrogens is 234 g/mol. The van der Waals surface area contributed by atoms with Crippen molar-refractivity contribution in [3.63, 3.8) is 0 Å². The highest BCUT2D eigenvalue weighted by atomic mass is 16.1. The van der Waals surface area contributed by atoms with Crippen LogP contribution in [0.15, 0.2) is 54.6 Å². The van der Waals surface area contributed by atoms with Crippen LogP contribution >= 0.6 is 0 Å². The molecule has 0 spiro atoms. The molecule has 19 heavy (non-hydrogen) atoms. The van der Waals surface area contributed by atoms with Crippen LogP contribution in [0.2, 0.25) is 0 Å². The minimum absolute atomic E-state index is 0.674. The lowest BCUT2D eigenvalue weighted by molar-refractivity contribution is 0.112. The number of aryl methyl sites for hydroxylation is 1. The molecule has 2 heteroatoms. The highest BCUT2D eigenvalue weighted by Crippen LogP contribution is 2.24. The Morgan fingerprint density at radius 1 is 1.00 bits per heavy atom. The largest absolute Gasteiger partial charge is 0.298 e. The van der Waals surface area contributed by atoms with Crippen molar-refractivity contribution in [3.05, 3.63) is 65.7 Å². The van der Waals surface area contributed by atoms with E-state index in [0.717, 1.165) is 34.0 Å². The first kappa shape index (κ1) is 11.6. The van der Waals surface area contributed by atoms with Gasteiger partial charge in [0.25, 0.3) is 0 Å². The van der Waals surface area contributed by atoms with Crippen LogP contribution in [0, 0.1) is 6.92 Å². The maximum atomic E-state index is 11.1. The molecule has 1 heterocycles. The number of fused-ring (bicyclic) bond motifs is 1. The van der Waals surface area contributed by atoms with Gasteiger partial charge in [0.15, 0.2) is 6.29 Å². The van der Waals surface area contributed by atoms with Gasteiger partial charge in [-0.1, -0.05) is 42.0 Å². The molecule has 3 rings (SSSR count). The number of para-hydroxylation sites is 1. The Kier molecular flexibility index (Phi) is 2.84. The van der Waals surface area contributed by atoms with Gasteiger partial charge in [-0.2, -0.15) is 0 Å². The van der Waals surface area contributed by atoms with Gasteiger partial charge in [0.2, 0.25) is 0 Å². The van der Waals surface area contributed by atoms with Gasteiger partial charge in [-0.05, 0) is 25.1 Å². The number of benzene rings is 2. The van der Waals surface area contributed by atoms with Crippen molar-refractivity contribution in [2.75, 3.05) is 0 Å². The summed E-state index contributed by atoms with van der Waals surface area (Å²) in [7, 11) is 0. The molecule has 0 fully saturated rings. The van der Waals surface area contributed by atoms with Crippen LogP contribution in [-0.4, -0.2) is 11.3 Å². The van der Waals surface area contributed by atoms with Gasteiger partial charge < -0.3 is 0 Å². The fraction of sp³-hybridized carbons (Fsp3) is 0.0588. The molecule has 0 saturated carbocycles. The second kappa shape index (κ2) is 4.65. The second-order valence-corrected chi connectivity index (χ2v) is 4.60. The van der Waals surface area contributed by atoms with Gasteiger partial charge in [0.1, 0.15) is 0 Å². The van der Waals surface area contributed by atoms with Gasteiger partial charge in [0.05, 0.1) is 11.2 Å². The van der Waals surface area contributed by atoms with E-state index in [0.29, 0.717) is 5.56 Å². The topological polar surface area (TPSA) is 30.0 Å². The molecule has 1 aromatic heterocycles. The molecule has 2 aromatic carbocycles. The summed E-state index contributed by atoms with van der Waals surface area (Å²) in [6.45, 7) is 2.01. The fourth-order valence-electron chi connectivity index (χ4n) is 2.21. The highest BCUT2D eigenvalue weighted by Gasteiger charge is 2.07. The Morgan fingerprint density at radius 3 is 2.68 bits per heavy atom. The normalized spacial score (nSPS) is 10.6. The number of carbonyl (C=O) groups excluding carboxylic acids is 1. The van der Waals surface area contributed by atoms with Crippen molar-refractivity contribution in [1.29, 1.82) is 0 Å². The number of hydrogen-bond acceptors (Lipinski definition) is 2. The Morgan fingerprint density at radius 2 is 1.84 bits per heavy atom. The number of pyridine rings is 1. The Hall–Kier alpha value is -2.48. The van der Waals surface area contributed by atoms with Crippen molar-refractivity contribution in [2.45, 2.75) is 6.92 Å². The fourth-order valence-corrected chi connectivity index (χ4v) is 2.21. The summed E-state index contributed by atoms with van der Waals surface area (Å²) in [6, 6.07) is 17.8. The molecule has 0 radical (unpaired) electrons. The van der Waals surface area contributed by atoms with E-state index in [4.69, 9.17) is 0 Å². The summed E-state index contributed by atoms with van der Waals surface area (Å²) in [6.07, 6.45) is 0.881. The Labute approximate surface area is 111 Å². The molecule has 0 amide bonds. The molecule has 0 N–H and O–H groups in total. The number of rotatable bonds is 2. The molecule has 0 bridgehead atoms. The summed E-state index contributed by atoms with van der Waals surface area (Å²) in [5.74, 6) is 0. The van der Waals surface area contributed by atoms with Gasteiger partial charge in [-0.25, -0.2) is 4.98 Å². The third-order valence-electron chi connectivity index (χ3n) is 3.21. The maximum absolute atomic E-state index is 11.1. The third kappa shape index (κ3) is 2.13. The summed E-state index contributed by atoms with van der Waals surface area (Å²) < 4.78 is 0. The molecule has 2 nitrogen and oxygen atoms in total. The van der Waals surface area contributed by atoms with Crippen molar-refractivity contribution in [3.8, 4) is 11.3 Å². The Balaban J connectivity index is 2.24. The van der Waals surface area contributed by atoms with Crippen molar-refractivity contribution in [1.82, 2.24) is 4.98 Å². The first-order valence-electron chi connectivity index (χ1n) is 6.20. The highest BCUT2D eigenvalue weighted by molar-refractivity contribution is 5.89. The van der Waals surface area contributed by atoms with Crippen LogP contribution in [-0.2, 0) is 0 Å². The average molecular weight is 247 g/mol. The van der Waals surface area contributed by atoms with E-state index in [1.807, 2.05) is 61.5 Å². The molecular formula is C17H13NO. The smallest absolute Gasteiger partial charge is 0.150 e. The number of aldehydes is 1. The van der Waals surface area contributed by atoms with E-state index >= 15 is 0 Å². The summed E-state index contributed by atoms with van der Waals surface area (Å²) in [4.78, 5) is 15.8. The lowest BCUT2D eigenvalue weighted by Crippen LogP contribution is -1.91. The molecule has 0 unspecified atom stereocenters. The van der Waals surface area contributed by atoms with E-state index in [-0.39, 0.29) is 0 Å². The monoisotopic (exact) mass is 247 g/mol. The van der Waals surface area contributed by atoms with Crippen molar-refractivity contribution >= 4 is 17.2 Å². The maximum Gasteiger partial charge on any atom is 0.150 e. The van der Waals surface area contributed by atoms with Crippen LogP contribution in [0.1, 0.15) is 15.9 Å². The second-order valence-electron chi connectivity index (χ2n) is 4.60. The molecule has 92 valence electrons. The minimum Gasteiger partial charge on any atom is -0.298 e. The van der Waals surface area contributed by atoms with E-state index in [9.17, 15) is 4.79 Å². The average Bonchev–Trinajstić information content (AvgIpc) is 2.46. The molecule has 0 aliphatic heterocycles. The minimum atomic E-state index is 0.674. The van der Waals surface area contributed by atoms with Crippen LogP contribution in [0.25, 0.3) is 22.2 Å². The first-order chi connectivity index (χ1) is 9.28. The quantitative estimate of drug-likeness (QED) is 0.640. The summed E-state index contributed by atoms with van der Waals surface area (Å²) >= 11 is 0. The SMILES string of the molecule is Cc1ccc(C=O)c(-c2ccc3ccccc3n2)c1. The number of nitrogens with zero attached hydrogens (tertiary/aromatic N) is 1. The Bertz CT molecular complexity index is 762. The molecule has 3 aromatic rings. The molecule has 0 aliphatic carbocycles. The van der Waals surface area contributed by atoms with E-state index in [1.165, 1.54) is 0 Å². The molecule has 0 saturated heterocycles. The molecule has 0 aliphatic rings. The number of hydrogen-bond donors (Lipinski definition) is 0. The van der Waals surface area contributed by atoms with Gasteiger partial charge in [-0.15, -0.1) is 0 Å². The van der Waals surface area contributed by atoms with Crippen molar-refractivity contribution in [2.24, 2.45) is 0 Å². The first-order valence-corrected chi connectivity index (χ1v) is 6.20. The zero-order chi connectivity index (χ0) is 13.2. The number of carbonyl (C=O) groups is 1. The van der Waals surface area contributed by atoms with Crippen LogP contribution in [0.5, 0.6) is 0 Å². The van der Waals surface area contributed by atoms with Crippen LogP contribution in [0.3, 0.4) is 0 Å². The van der Waals surface area contributed by atoms with Gasteiger partial charge in [-0.3, -0.25) is 4.79 Å². The molecule has 0 atom stereocenters. The predicted molar refractivity (Wildman–Crippen MR) is 77.3 cm³/mol. The third-order valence-corrected chi connectivity index (χ3v) is 3.21.